The van der Waals surface area contributed by atoms with Gasteiger partial charge in [-0.05, 0) is 24.3 Å². The number of carbonyl (C=O) groups is 1. The molecular formula is C10H13NO2S. The van der Waals surface area contributed by atoms with Crippen molar-refractivity contribution in [2.45, 2.75) is 18.9 Å². The third-order valence-electron chi connectivity index (χ3n) is 2.26. The van der Waals surface area contributed by atoms with Crippen molar-refractivity contribution < 1.29 is 9.53 Å². The largest absolute Gasteiger partial charge is 0.376 e. The Bertz CT molecular complexity index is 291. The van der Waals surface area contributed by atoms with Gasteiger partial charge in [0.25, 0.3) is 5.91 Å². The van der Waals surface area contributed by atoms with E-state index in [-0.39, 0.29) is 12.0 Å². The smallest absolute Gasteiger partial charge is 0.261 e. The minimum absolute atomic E-state index is 0.00972. The zero-order valence-electron chi connectivity index (χ0n) is 7.86. The lowest BCUT2D eigenvalue weighted by molar-refractivity contribution is 0.0861. The van der Waals surface area contributed by atoms with Crippen LogP contribution in [0.5, 0.6) is 0 Å². The fourth-order valence-electron chi connectivity index (χ4n) is 1.51. The van der Waals surface area contributed by atoms with Gasteiger partial charge in [0.15, 0.2) is 0 Å². The van der Waals surface area contributed by atoms with Gasteiger partial charge in [-0.15, -0.1) is 11.3 Å². The maximum atomic E-state index is 11.5. The molecule has 0 aliphatic carbocycles. The second-order valence-electron chi connectivity index (χ2n) is 3.32. The molecule has 0 bridgehead atoms. The second kappa shape index (κ2) is 4.57. The van der Waals surface area contributed by atoms with Crippen LogP contribution in [0.25, 0.3) is 0 Å². The van der Waals surface area contributed by atoms with Crippen LogP contribution in [0, 0.1) is 0 Å². The van der Waals surface area contributed by atoms with E-state index in [9.17, 15) is 4.79 Å². The van der Waals surface area contributed by atoms with Gasteiger partial charge in [-0.1, -0.05) is 6.07 Å². The molecule has 1 N–H and O–H groups in total. The molecular weight excluding hydrogens is 198 g/mol. The zero-order chi connectivity index (χ0) is 9.80. The lowest BCUT2D eigenvalue weighted by Crippen LogP contribution is -2.31. The van der Waals surface area contributed by atoms with Crippen molar-refractivity contribution in [1.29, 1.82) is 0 Å². The highest BCUT2D eigenvalue weighted by Gasteiger charge is 2.16. The third-order valence-corrected chi connectivity index (χ3v) is 3.13. The van der Waals surface area contributed by atoms with Gasteiger partial charge in [0, 0.05) is 13.2 Å². The summed E-state index contributed by atoms with van der Waals surface area (Å²) in [7, 11) is 0. The Morgan fingerprint density at radius 2 is 2.64 bits per heavy atom. The number of amides is 1. The molecule has 0 unspecified atom stereocenters. The molecule has 4 heteroatoms. The van der Waals surface area contributed by atoms with Crippen LogP contribution < -0.4 is 5.32 Å². The summed E-state index contributed by atoms with van der Waals surface area (Å²) < 4.78 is 5.41. The zero-order valence-corrected chi connectivity index (χ0v) is 8.68. The maximum absolute atomic E-state index is 11.5. The third kappa shape index (κ3) is 2.33. The van der Waals surface area contributed by atoms with Gasteiger partial charge in [0.1, 0.15) is 0 Å². The van der Waals surface area contributed by atoms with Gasteiger partial charge < -0.3 is 10.1 Å². The van der Waals surface area contributed by atoms with Gasteiger partial charge in [-0.25, -0.2) is 0 Å². The van der Waals surface area contributed by atoms with Gasteiger partial charge in [-0.2, -0.15) is 0 Å². The summed E-state index contributed by atoms with van der Waals surface area (Å²) in [6.07, 6.45) is 2.39. The van der Waals surface area contributed by atoms with Crippen LogP contribution in [0.3, 0.4) is 0 Å². The summed E-state index contributed by atoms with van der Waals surface area (Å²) in [5.41, 5.74) is 0. The van der Waals surface area contributed by atoms with Crippen LogP contribution in [0.1, 0.15) is 22.5 Å². The van der Waals surface area contributed by atoms with Crippen molar-refractivity contribution in [3.05, 3.63) is 22.4 Å². The molecule has 1 aromatic rings. The molecule has 0 spiro atoms. The molecule has 0 saturated carbocycles. The van der Waals surface area contributed by atoms with Crippen molar-refractivity contribution in [1.82, 2.24) is 5.32 Å². The van der Waals surface area contributed by atoms with Gasteiger partial charge in [-0.3, -0.25) is 4.79 Å². The van der Waals surface area contributed by atoms with Crippen LogP contribution in [-0.2, 0) is 4.74 Å². The van der Waals surface area contributed by atoms with E-state index in [2.05, 4.69) is 5.32 Å². The number of hydrogen-bond acceptors (Lipinski definition) is 3. The quantitative estimate of drug-likeness (QED) is 0.825. The van der Waals surface area contributed by atoms with Crippen LogP contribution >= 0.6 is 11.3 Å². The average molecular weight is 211 g/mol. The fourth-order valence-corrected chi connectivity index (χ4v) is 2.15. The Morgan fingerprint density at radius 3 is 3.29 bits per heavy atom. The Balaban J connectivity index is 1.78. The van der Waals surface area contributed by atoms with Crippen LogP contribution in [0.4, 0.5) is 0 Å². The first-order valence-electron chi connectivity index (χ1n) is 4.79. The van der Waals surface area contributed by atoms with Gasteiger partial charge in [0.05, 0.1) is 11.0 Å². The number of rotatable bonds is 3. The van der Waals surface area contributed by atoms with E-state index in [0.29, 0.717) is 6.54 Å². The first kappa shape index (κ1) is 9.68. The SMILES string of the molecule is O=C(NC[C@H]1CCCO1)c1cccs1. The molecule has 1 saturated heterocycles. The Kier molecular flexibility index (Phi) is 3.16. The molecule has 14 heavy (non-hydrogen) atoms. The molecule has 0 aromatic carbocycles. The van der Waals surface area contributed by atoms with Crippen molar-refractivity contribution in [2.75, 3.05) is 13.2 Å². The minimum atomic E-state index is 0.00972. The molecule has 76 valence electrons. The topological polar surface area (TPSA) is 38.3 Å². The van der Waals surface area contributed by atoms with E-state index < -0.39 is 0 Å². The first-order valence-corrected chi connectivity index (χ1v) is 5.67. The molecule has 1 fully saturated rings. The van der Waals surface area contributed by atoms with E-state index >= 15 is 0 Å². The second-order valence-corrected chi connectivity index (χ2v) is 4.27. The number of thiophene rings is 1. The lowest BCUT2D eigenvalue weighted by atomic mass is 10.2. The molecule has 1 aliphatic heterocycles. The summed E-state index contributed by atoms with van der Waals surface area (Å²) in [6, 6.07) is 3.71. The van der Waals surface area contributed by atoms with Crippen molar-refractivity contribution in [3.63, 3.8) is 0 Å². The summed E-state index contributed by atoms with van der Waals surface area (Å²) >= 11 is 1.46. The Morgan fingerprint density at radius 1 is 1.71 bits per heavy atom. The standard InChI is InChI=1S/C10H13NO2S/c12-10(9-4-2-6-14-9)11-7-8-3-1-5-13-8/h2,4,6,8H,1,3,5,7H2,(H,11,12)/t8-/m1/s1. The van der Waals surface area contributed by atoms with Crippen molar-refractivity contribution >= 4 is 17.2 Å². The van der Waals surface area contributed by atoms with E-state index in [0.717, 1.165) is 24.3 Å². The predicted octanol–water partition coefficient (Wildman–Crippen LogP) is 1.66. The molecule has 1 aliphatic rings. The number of ether oxygens (including phenoxy) is 1. The molecule has 2 heterocycles. The predicted molar refractivity (Wildman–Crippen MR) is 55.6 cm³/mol. The van der Waals surface area contributed by atoms with E-state index in [1.165, 1.54) is 11.3 Å². The van der Waals surface area contributed by atoms with Crippen LogP contribution in [-0.4, -0.2) is 25.2 Å². The maximum Gasteiger partial charge on any atom is 0.261 e. The summed E-state index contributed by atoms with van der Waals surface area (Å²) in [6.45, 7) is 1.47. The molecule has 3 nitrogen and oxygen atoms in total. The highest BCUT2D eigenvalue weighted by atomic mass is 32.1. The number of nitrogens with one attached hydrogen (secondary N) is 1. The van der Waals surface area contributed by atoms with Crippen molar-refractivity contribution in [2.24, 2.45) is 0 Å². The highest BCUT2D eigenvalue weighted by Crippen LogP contribution is 2.12. The molecule has 2 rings (SSSR count). The van der Waals surface area contributed by atoms with E-state index in [1.807, 2.05) is 17.5 Å². The van der Waals surface area contributed by atoms with E-state index in [1.54, 1.807) is 0 Å². The average Bonchev–Trinajstić information content (AvgIpc) is 2.87. The Labute approximate surface area is 87.1 Å². The van der Waals surface area contributed by atoms with Crippen molar-refractivity contribution in [3.8, 4) is 0 Å². The van der Waals surface area contributed by atoms with Crippen LogP contribution in [0.2, 0.25) is 0 Å². The van der Waals surface area contributed by atoms with Gasteiger partial charge in [0.2, 0.25) is 0 Å². The lowest BCUT2D eigenvalue weighted by Gasteiger charge is -2.09. The summed E-state index contributed by atoms with van der Waals surface area (Å²) in [4.78, 5) is 12.3. The first-order chi connectivity index (χ1) is 6.86. The van der Waals surface area contributed by atoms with Gasteiger partial charge >= 0.3 is 0 Å². The summed E-state index contributed by atoms with van der Waals surface area (Å²) in [5, 5.41) is 4.78. The Hall–Kier alpha value is -0.870. The molecule has 0 radical (unpaired) electrons. The molecule has 1 amide bonds. The number of hydrogen-bond donors (Lipinski definition) is 1. The fraction of sp³-hybridized carbons (Fsp3) is 0.500. The normalized spacial score (nSPS) is 21.0. The monoisotopic (exact) mass is 211 g/mol. The van der Waals surface area contributed by atoms with E-state index in [4.69, 9.17) is 4.74 Å². The summed E-state index contributed by atoms with van der Waals surface area (Å²) in [5.74, 6) is 0.00972. The molecule has 1 atom stereocenters. The molecule has 1 aromatic heterocycles. The minimum Gasteiger partial charge on any atom is -0.376 e. The highest BCUT2D eigenvalue weighted by molar-refractivity contribution is 7.12. The van der Waals surface area contributed by atoms with Crippen LogP contribution in [0.15, 0.2) is 17.5 Å². The number of carbonyl (C=O) groups excluding carboxylic acids is 1.